The summed E-state index contributed by atoms with van der Waals surface area (Å²) in [5.74, 6) is -1.02. The molecule has 3 N–H and O–H groups in total. The van der Waals surface area contributed by atoms with Crippen molar-refractivity contribution in [1.29, 1.82) is 0 Å². The van der Waals surface area contributed by atoms with Gasteiger partial charge in [0, 0.05) is 35.4 Å². The van der Waals surface area contributed by atoms with Gasteiger partial charge in [0.1, 0.15) is 23.3 Å². The third-order valence-corrected chi connectivity index (χ3v) is 5.16. The van der Waals surface area contributed by atoms with Gasteiger partial charge in [-0.05, 0) is 31.1 Å². The highest BCUT2D eigenvalue weighted by molar-refractivity contribution is 6.15. The molecule has 31 heavy (non-hydrogen) atoms. The summed E-state index contributed by atoms with van der Waals surface area (Å²) in [6.07, 6.45) is 5.20. The predicted molar refractivity (Wildman–Crippen MR) is 109 cm³/mol. The zero-order valence-electron chi connectivity index (χ0n) is 16.3. The standard InChI is InChI=1S/C21H18F2N6O2/c22-15-2-1-3-16(23)14(15)10-24-17-8-18(26-13-4-5-13)29-20(27-17)12(9-25-29)6-11-7-19(30)28-21(11)31/h1-3,6,8-9,13,26H,4-5,7,10H2,(H,24,27)(H,28,30,31)/b11-6+. The molecule has 10 heteroatoms. The van der Waals surface area contributed by atoms with Gasteiger partial charge >= 0.3 is 0 Å². The Bertz CT molecular complexity index is 1230. The Morgan fingerprint density at radius 2 is 2.00 bits per heavy atom. The highest BCUT2D eigenvalue weighted by Crippen LogP contribution is 2.28. The number of carbonyl (C=O) groups is 2. The van der Waals surface area contributed by atoms with Gasteiger partial charge in [-0.3, -0.25) is 14.9 Å². The van der Waals surface area contributed by atoms with Crippen molar-refractivity contribution in [2.24, 2.45) is 0 Å². The number of fused-ring (bicyclic) bond motifs is 1. The van der Waals surface area contributed by atoms with Gasteiger partial charge < -0.3 is 10.6 Å². The van der Waals surface area contributed by atoms with Crippen molar-refractivity contribution in [2.75, 3.05) is 10.6 Å². The minimum absolute atomic E-state index is 0.00610. The zero-order chi connectivity index (χ0) is 21.5. The Kier molecular flexibility index (Phi) is 4.61. The summed E-state index contributed by atoms with van der Waals surface area (Å²) in [4.78, 5) is 27.9. The number of aromatic nitrogens is 3. The maximum atomic E-state index is 14.0. The number of imide groups is 1. The number of nitrogens with one attached hydrogen (secondary N) is 3. The van der Waals surface area contributed by atoms with Crippen LogP contribution in [0.15, 0.2) is 36.0 Å². The van der Waals surface area contributed by atoms with Crippen LogP contribution in [0.5, 0.6) is 0 Å². The lowest BCUT2D eigenvalue weighted by Crippen LogP contribution is -2.19. The molecule has 2 amide bonds. The zero-order valence-corrected chi connectivity index (χ0v) is 16.3. The van der Waals surface area contributed by atoms with Crippen molar-refractivity contribution in [3.63, 3.8) is 0 Å². The molecule has 2 fully saturated rings. The molecule has 1 saturated carbocycles. The van der Waals surface area contributed by atoms with Crippen molar-refractivity contribution in [3.05, 3.63) is 58.8 Å². The molecule has 0 atom stereocenters. The number of halogens is 2. The maximum absolute atomic E-state index is 14.0. The second-order valence-corrected chi connectivity index (χ2v) is 7.56. The summed E-state index contributed by atoms with van der Waals surface area (Å²) < 4.78 is 29.6. The van der Waals surface area contributed by atoms with E-state index in [2.05, 4.69) is 26.0 Å². The molecule has 1 aliphatic heterocycles. The van der Waals surface area contributed by atoms with Gasteiger partial charge in [-0.1, -0.05) is 6.07 Å². The number of anilines is 2. The molecule has 0 bridgehead atoms. The number of nitrogens with zero attached hydrogens (tertiary/aromatic N) is 3. The first kappa shape index (κ1) is 19.2. The Hall–Kier alpha value is -3.82. The van der Waals surface area contributed by atoms with Gasteiger partial charge in [0.15, 0.2) is 5.65 Å². The lowest BCUT2D eigenvalue weighted by molar-refractivity contribution is -0.124. The fourth-order valence-electron chi connectivity index (χ4n) is 3.40. The Morgan fingerprint density at radius 3 is 2.68 bits per heavy atom. The fraction of sp³-hybridized carbons (Fsp3) is 0.238. The van der Waals surface area contributed by atoms with E-state index < -0.39 is 17.5 Å². The van der Waals surface area contributed by atoms with Gasteiger partial charge in [-0.15, -0.1) is 0 Å². The largest absolute Gasteiger partial charge is 0.367 e. The second kappa shape index (κ2) is 7.46. The molecule has 1 aliphatic carbocycles. The van der Waals surface area contributed by atoms with Gasteiger partial charge in [0.05, 0.1) is 12.6 Å². The van der Waals surface area contributed by atoms with Crippen LogP contribution < -0.4 is 16.0 Å². The van der Waals surface area contributed by atoms with Crippen LogP contribution in [-0.4, -0.2) is 32.5 Å². The monoisotopic (exact) mass is 424 g/mol. The third-order valence-electron chi connectivity index (χ3n) is 5.16. The molecule has 0 radical (unpaired) electrons. The van der Waals surface area contributed by atoms with Crippen LogP contribution in [0.3, 0.4) is 0 Å². The van der Waals surface area contributed by atoms with Crippen LogP contribution in [0.1, 0.15) is 30.4 Å². The summed E-state index contributed by atoms with van der Waals surface area (Å²) in [7, 11) is 0. The normalized spacial score (nSPS) is 17.4. The first-order valence-electron chi connectivity index (χ1n) is 9.85. The van der Waals surface area contributed by atoms with Crippen molar-refractivity contribution in [2.45, 2.75) is 31.8 Å². The van der Waals surface area contributed by atoms with Crippen molar-refractivity contribution in [1.82, 2.24) is 19.9 Å². The van der Waals surface area contributed by atoms with Crippen LogP contribution >= 0.6 is 0 Å². The molecular weight excluding hydrogens is 406 g/mol. The molecule has 5 rings (SSSR count). The van der Waals surface area contributed by atoms with E-state index >= 15 is 0 Å². The Balaban J connectivity index is 1.51. The van der Waals surface area contributed by atoms with Crippen molar-refractivity contribution >= 4 is 35.2 Å². The molecule has 2 aromatic heterocycles. The highest BCUT2D eigenvalue weighted by atomic mass is 19.1. The van der Waals surface area contributed by atoms with Gasteiger partial charge in [-0.2, -0.15) is 9.61 Å². The van der Waals surface area contributed by atoms with E-state index in [-0.39, 0.29) is 24.4 Å². The fourth-order valence-corrected chi connectivity index (χ4v) is 3.40. The molecule has 1 aromatic carbocycles. The summed E-state index contributed by atoms with van der Waals surface area (Å²) in [5.41, 5.74) is 1.24. The van der Waals surface area contributed by atoms with E-state index in [0.29, 0.717) is 34.5 Å². The van der Waals surface area contributed by atoms with E-state index in [4.69, 9.17) is 0 Å². The molecule has 158 valence electrons. The topological polar surface area (TPSA) is 100 Å². The van der Waals surface area contributed by atoms with Crippen LogP contribution in [0, 0.1) is 11.6 Å². The van der Waals surface area contributed by atoms with Crippen LogP contribution in [0.4, 0.5) is 20.4 Å². The number of hydrogen-bond acceptors (Lipinski definition) is 6. The van der Waals surface area contributed by atoms with E-state index in [1.165, 1.54) is 18.2 Å². The molecule has 3 aromatic rings. The average molecular weight is 424 g/mol. The van der Waals surface area contributed by atoms with E-state index in [9.17, 15) is 18.4 Å². The van der Waals surface area contributed by atoms with E-state index in [1.54, 1.807) is 22.9 Å². The van der Waals surface area contributed by atoms with Crippen LogP contribution in [-0.2, 0) is 16.1 Å². The predicted octanol–water partition coefficient (Wildman–Crippen LogP) is 2.62. The number of carbonyl (C=O) groups excluding carboxylic acids is 2. The number of benzene rings is 1. The van der Waals surface area contributed by atoms with Gasteiger partial charge in [0.25, 0.3) is 5.91 Å². The summed E-state index contributed by atoms with van der Waals surface area (Å²) in [5, 5.41) is 12.9. The SMILES string of the molecule is O=C1C/C(=C\c2cnn3c(NC4CC4)cc(NCc4c(F)cccc4F)nc23)C(=O)N1. The molecule has 0 spiro atoms. The summed E-state index contributed by atoms with van der Waals surface area (Å²) in [6, 6.07) is 5.76. The smallest absolute Gasteiger partial charge is 0.254 e. The van der Waals surface area contributed by atoms with Gasteiger partial charge in [-0.25, -0.2) is 13.8 Å². The van der Waals surface area contributed by atoms with Crippen LogP contribution in [0.2, 0.25) is 0 Å². The summed E-state index contributed by atoms with van der Waals surface area (Å²) >= 11 is 0. The molecule has 1 saturated heterocycles. The first-order chi connectivity index (χ1) is 15.0. The second-order valence-electron chi connectivity index (χ2n) is 7.56. The minimum Gasteiger partial charge on any atom is -0.367 e. The third kappa shape index (κ3) is 3.83. The molecular formula is C21H18F2N6O2. The van der Waals surface area contributed by atoms with Crippen molar-refractivity contribution < 1.29 is 18.4 Å². The molecule has 2 aliphatic rings. The lowest BCUT2D eigenvalue weighted by atomic mass is 10.1. The average Bonchev–Trinajstić information content (AvgIpc) is 3.36. The summed E-state index contributed by atoms with van der Waals surface area (Å²) in [6.45, 7) is -0.0913. The van der Waals surface area contributed by atoms with Crippen molar-refractivity contribution in [3.8, 4) is 0 Å². The Morgan fingerprint density at radius 1 is 1.23 bits per heavy atom. The minimum atomic E-state index is -0.642. The molecule has 8 nitrogen and oxygen atoms in total. The highest BCUT2D eigenvalue weighted by Gasteiger charge is 2.25. The number of rotatable bonds is 6. The van der Waals surface area contributed by atoms with Gasteiger partial charge in [0.2, 0.25) is 5.91 Å². The number of hydrogen-bond donors (Lipinski definition) is 3. The molecule has 0 unspecified atom stereocenters. The van der Waals surface area contributed by atoms with E-state index in [0.717, 1.165) is 12.8 Å². The maximum Gasteiger partial charge on any atom is 0.254 e. The first-order valence-corrected chi connectivity index (χ1v) is 9.85. The van der Waals surface area contributed by atoms with Crippen LogP contribution in [0.25, 0.3) is 11.7 Å². The van der Waals surface area contributed by atoms with E-state index in [1.807, 2.05) is 0 Å². The number of amides is 2. The Labute approximate surface area is 175 Å². The quantitative estimate of drug-likeness (QED) is 0.416. The lowest BCUT2D eigenvalue weighted by Gasteiger charge is -2.12. The molecule has 3 heterocycles.